The number of rotatable bonds is 6. The normalized spacial score (nSPS) is 15.7. The van der Waals surface area contributed by atoms with Crippen LogP contribution < -0.4 is 5.32 Å². The van der Waals surface area contributed by atoms with Crippen LogP contribution in [0, 0.1) is 0 Å². The van der Waals surface area contributed by atoms with Crippen LogP contribution in [0.3, 0.4) is 0 Å². The lowest BCUT2D eigenvalue weighted by Crippen LogP contribution is -2.36. The predicted octanol–water partition coefficient (Wildman–Crippen LogP) is 4.62. The van der Waals surface area contributed by atoms with Gasteiger partial charge in [-0.15, -0.1) is 11.3 Å². The summed E-state index contributed by atoms with van der Waals surface area (Å²) in [6, 6.07) is 13.5. The zero-order valence-corrected chi connectivity index (χ0v) is 16.3. The number of carbonyl (C=O) groups excluding carboxylic acids is 1. The summed E-state index contributed by atoms with van der Waals surface area (Å²) in [7, 11) is 0. The third-order valence-electron chi connectivity index (χ3n) is 4.80. The minimum Gasteiger partial charge on any atom is -0.355 e. The molecule has 2 aromatic heterocycles. The van der Waals surface area contributed by atoms with Gasteiger partial charge in [0.25, 0.3) is 5.91 Å². The van der Waals surface area contributed by atoms with Gasteiger partial charge >= 0.3 is 0 Å². The van der Waals surface area contributed by atoms with Crippen molar-refractivity contribution in [1.82, 2.24) is 15.4 Å². The van der Waals surface area contributed by atoms with Gasteiger partial charge in [0, 0.05) is 17.6 Å². The maximum atomic E-state index is 12.6. The molecule has 3 heterocycles. The molecular formula is C20H20ClN3O2S. The van der Waals surface area contributed by atoms with E-state index >= 15 is 0 Å². The number of nitrogens with one attached hydrogen (secondary N) is 1. The number of halogens is 1. The summed E-state index contributed by atoms with van der Waals surface area (Å²) in [6.45, 7) is 2.59. The molecule has 140 valence electrons. The highest BCUT2D eigenvalue weighted by molar-refractivity contribution is 7.13. The molecule has 0 spiro atoms. The average molecular weight is 402 g/mol. The van der Waals surface area contributed by atoms with E-state index in [1.807, 2.05) is 41.8 Å². The first-order valence-electron chi connectivity index (χ1n) is 8.99. The van der Waals surface area contributed by atoms with Gasteiger partial charge in [0.1, 0.15) is 0 Å². The molecule has 27 heavy (non-hydrogen) atoms. The standard InChI is InChI=1S/C20H20ClN3O2S/c21-15-7-5-14(6-8-15)17(24-9-1-2-10-24)13-22-20(25)16-12-18(26-23-16)19-4-3-11-27-19/h3-8,11-12,17H,1-2,9-10,13H2,(H,22,25)/t17-/m1/s1. The lowest BCUT2D eigenvalue weighted by Gasteiger charge is -2.28. The predicted molar refractivity (Wildman–Crippen MR) is 107 cm³/mol. The summed E-state index contributed by atoms with van der Waals surface area (Å²) in [5.41, 5.74) is 1.45. The van der Waals surface area contributed by atoms with E-state index in [0.29, 0.717) is 23.0 Å². The van der Waals surface area contributed by atoms with Crippen LogP contribution in [0.4, 0.5) is 0 Å². The first kappa shape index (κ1) is 18.2. The Labute approximate surface area is 166 Å². The first-order valence-corrected chi connectivity index (χ1v) is 10.2. The highest BCUT2D eigenvalue weighted by Crippen LogP contribution is 2.27. The highest BCUT2D eigenvalue weighted by Gasteiger charge is 2.24. The quantitative estimate of drug-likeness (QED) is 0.654. The Hall–Kier alpha value is -2.15. The molecular weight excluding hydrogens is 382 g/mol. The van der Waals surface area contributed by atoms with Crippen molar-refractivity contribution in [1.29, 1.82) is 0 Å². The Morgan fingerprint density at radius 3 is 2.74 bits per heavy atom. The molecule has 1 aromatic carbocycles. The van der Waals surface area contributed by atoms with Crippen molar-refractivity contribution >= 4 is 28.8 Å². The van der Waals surface area contributed by atoms with Crippen LogP contribution in [-0.2, 0) is 0 Å². The van der Waals surface area contributed by atoms with Gasteiger partial charge in [-0.25, -0.2) is 0 Å². The van der Waals surface area contributed by atoms with Crippen molar-refractivity contribution in [2.45, 2.75) is 18.9 Å². The second-order valence-electron chi connectivity index (χ2n) is 6.57. The molecule has 1 atom stereocenters. The molecule has 1 amide bonds. The van der Waals surface area contributed by atoms with Crippen molar-refractivity contribution in [2.24, 2.45) is 0 Å². The van der Waals surface area contributed by atoms with E-state index in [2.05, 4.69) is 15.4 Å². The van der Waals surface area contributed by atoms with E-state index in [0.717, 1.165) is 23.5 Å². The molecule has 0 bridgehead atoms. The van der Waals surface area contributed by atoms with E-state index in [-0.39, 0.29) is 11.9 Å². The number of likely N-dealkylation sites (tertiary alicyclic amines) is 1. The number of carbonyl (C=O) groups is 1. The third kappa shape index (κ3) is 4.24. The Kier molecular flexibility index (Phi) is 5.57. The van der Waals surface area contributed by atoms with Crippen LogP contribution in [0.1, 0.15) is 34.9 Å². The van der Waals surface area contributed by atoms with Crippen LogP contribution in [0.5, 0.6) is 0 Å². The monoisotopic (exact) mass is 401 g/mol. The number of hydrogen-bond donors (Lipinski definition) is 1. The van der Waals surface area contributed by atoms with Crippen molar-refractivity contribution in [3.63, 3.8) is 0 Å². The van der Waals surface area contributed by atoms with Gasteiger partial charge in [0.2, 0.25) is 0 Å². The number of benzene rings is 1. The molecule has 1 aliphatic rings. The summed E-state index contributed by atoms with van der Waals surface area (Å²) in [5, 5.41) is 9.61. The number of nitrogens with zero attached hydrogens (tertiary/aromatic N) is 2. The summed E-state index contributed by atoms with van der Waals surface area (Å²) < 4.78 is 5.31. The lowest BCUT2D eigenvalue weighted by atomic mass is 10.1. The number of hydrogen-bond acceptors (Lipinski definition) is 5. The first-order chi connectivity index (χ1) is 13.2. The van der Waals surface area contributed by atoms with E-state index in [1.54, 1.807) is 17.4 Å². The summed E-state index contributed by atoms with van der Waals surface area (Å²) in [5.74, 6) is 0.392. The molecule has 0 saturated carbocycles. The third-order valence-corrected chi connectivity index (χ3v) is 5.94. The zero-order valence-electron chi connectivity index (χ0n) is 14.7. The fourth-order valence-corrected chi connectivity index (χ4v) is 4.19. The van der Waals surface area contributed by atoms with Gasteiger partial charge in [-0.05, 0) is 55.1 Å². The Morgan fingerprint density at radius 1 is 1.26 bits per heavy atom. The zero-order chi connectivity index (χ0) is 18.6. The number of aromatic nitrogens is 1. The topological polar surface area (TPSA) is 58.4 Å². The average Bonchev–Trinajstić information content (AvgIpc) is 3.44. The Balaban J connectivity index is 1.45. The van der Waals surface area contributed by atoms with Gasteiger partial charge in [-0.2, -0.15) is 0 Å². The summed E-state index contributed by atoms with van der Waals surface area (Å²) in [6.07, 6.45) is 2.37. The van der Waals surface area contributed by atoms with Crippen LogP contribution in [-0.4, -0.2) is 35.6 Å². The van der Waals surface area contributed by atoms with Crippen molar-refractivity contribution < 1.29 is 9.32 Å². The van der Waals surface area contributed by atoms with E-state index < -0.39 is 0 Å². The van der Waals surface area contributed by atoms with Gasteiger partial charge in [0.15, 0.2) is 11.5 Å². The minimum atomic E-state index is -0.222. The number of thiophene rings is 1. The second kappa shape index (κ2) is 8.25. The largest absolute Gasteiger partial charge is 0.355 e. The van der Waals surface area contributed by atoms with Gasteiger partial charge in [0.05, 0.1) is 10.9 Å². The van der Waals surface area contributed by atoms with Gasteiger partial charge in [-0.3, -0.25) is 9.69 Å². The van der Waals surface area contributed by atoms with Gasteiger partial charge in [-0.1, -0.05) is 35.0 Å². The van der Waals surface area contributed by atoms with Gasteiger partial charge < -0.3 is 9.84 Å². The lowest BCUT2D eigenvalue weighted by molar-refractivity contribution is 0.0929. The van der Waals surface area contributed by atoms with E-state index in [9.17, 15) is 4.79 Å². The fourth-order valence-electron chi connectivity index (χ4n) is 3.39. The Bertz CT molecular complexity index is 886. The van der Waals surface area contributed by atoms with E-state index in [4.69, 9.17) is 16.1 Å². The molecule has 3 aromatic rings. The van der Waals surface area contributed by atoms with Crippen molar-refractivity contribution in [3.8, 4) is 10.6 Å². The second-order valence-corrected chi connectivity index (χ2v) is 7.96. The fraction of sp³-hybridized carbons (Fsp3) is 0.300. The highest BCUT2D eigenvalue weighted by atomic mass is 35.5. The summed E-state index contributed by atoms with van der Waals surface area (Å²) >= 11 is 7.58. The SMILES string of the molecule is O=C(NC[C@H](c1ccc(Cl)cc1)N1CCCC1)c1cc(-c2cccs2)on1. The molecule has 1 fully saturated rings. The van der Waals surface area contributed by atoms with Crippen LogP contribution in [0.2, 0.25) is 5.02 Å². The number of amides is 1. The molecule has 0 aliphatic carbocycles. The van der Waals surface area contributed by atoms with E-state index in [1.165, 1.54) is 12.8 Å². The molecule has 1 saturated heterocycles. The van der Waals surface area contributed by atoms with Crippen molar-refractivity contribution in [2.75, 3.05) is 19.6 Å². The van der Waals surface area contributed by atoms with Crippen molar-refractivity contribution in [3.05, 3.63) is 64.1 Å². The molecule has 0 radical (unpaired) electrons. The van der Waals surface area contributed by atoms with Crippen LogP contribution in [0.25, 0.3) is 10.6 Å². The maximum absolute atomic E-state index is 12.6. The molecule has 5 nitrogen and oxygen atoms in total. The molecule has 1 N–H and O–H groups in total. The maximum Gasteiger partial charge on any atom is 0.273 e. The summed E-state index contributed by atoms with van der Waals surface area (Å²) in [4.78, 5) is 15.9. The Morgan fingerprint density at radius 2 is 2.04 bits per heavy atom. The van der Waals surface area contributed by atoms with Crippen LogP contribution in [0.15, 0.2) is 52.4 Å². The van der Waals surface area contributed by atoms with Crippen LogP contribution >= 0.6 is 22.9 Å². The molecule has 0 unspecified atom stereocenters. The molecule has 7 heteroatoms. The molecule has 4 rings (SSSR count). The molecule has 1 aliphatic heterocycles. The smallest absolute Gasteiger partial charge is 0.273 e. The minimum absolute atomic E-state index is 0.123.